The topological polar surface area (TPSA) is 90.6 Å². The number of aryl methyl sites for hydroxylation is 1. The second-order valence-electron chi connectivity index (χ2n) is 6.36. The predicted molar refractivity (Wildman–Crippen MR) is 99.8 cm³/mol. The van der Waals surface area contributed by atoms with Gasteiger partial charge in [-0.05, 0) is 0 Å². The Labute approximate surface area is 163 Å². The van der Waals surface area contributed by atoms with E-state index in [2.05, 4.69) is 20.2 Å². The first-order valence-corrected chi connectivity index (χ1v) is 10.2. The van der Waals surface area contributed by atoms with Crippen molar-refractivity contribution in [3.05, 3.63) is 42.2 Å². The van der Waals surface area contributed by atoms with Crippen molar-refractivity contribution in [3.8, 4) is 11.5 Å². The highest BCUT2D eigenvalue weighted by molar-refractivity contribution is 7.91. The van der Waals surface area contributed by atoms with Crippen LogP contribution >= 0.6 is 0 Å². The van der Waals surface area contributed by atoms with E-state index in [-0.39, 0.29) is 33.3 Å². The zero-order valence-electron chi connectivity index (χ0n) is 15.3. The molecule has 0 unspecified atom stereocenters. The van der Waals surface area contributed by atoms with Gasteiger partial charge in [-0.15, -0.1) is 10.2 Å². The summed E-state index contributed by atoms with van der Waals surface area (Å²) in [6.45, 7) is 1.51. The van der Waals surface area contributed by atoms with E-state index in [9.17, 15) is 21.6 Å². The van der Waals surface area contributed by atoms with Gasteiger partial charge >= 0.3 is 6.18 Å². The van der Waals surface area contributed by atoms with E-state index in [1.54, 1.807) is 24.3 Å². The van der Waals surface area contributed by atoms with Crippen LogP contribution in [-0.2, 0) is 23.1 Å². The molecule has 0 N–H and O–H groups in total. The van der Waals surface area contributed by atoms with Crippen LogP contribution in [0.2, 0.25) is 0 Å². The van der Waals surface area contributed by atoms with E-state index in [0.717, 1.165) is 6.07 Å². The fourth-order valence-electron chi connectivity index (χ4n) is 3.09. The average Bonchev–Trinajstić information content (AvgIpc) is 3.02. The van der Waals surface area contributed by atoms with Crippen LogP contribution < -0.4 is 0 Å². The molecule has 0 aliphatic heterocycles. The van der Waals surface area contributed by atoms with Crippen molar-refractivity contribution in [1.82, 2.24) is 24.7 Å². The van der Waals surface area contributed by atoms with Crippen LogP contribution in [0.4, 0.5) is 13.2 Å². The molecule has 4 aromatic rings. The number of hydrogen-bond donors (Lipinski definition) is 0. The van der Waals surface area contributed by atoms with Crippen LogP contribution in [-0.4, -0.2) is 38.9 Å². The summed E-state index contributed by atoms with van der Waals surface area (Å²) in [7, 11) is -2.20. The van der Waals surface area contributed by atoms with E-state index >= 15 is 0 Å². The number of fused-ring (bicyclic) bond motifs is 2. The van der Waals surface area contributed by atoms with Crippen LogP contribution in [0.25, 0.3) is 33.5 Å². The van der Waals surface area contributed by atoms with Gasteiger partial charge in [-0.2, -0.15) is 13.2 Å². The van der Waals surface area contributed by atoms with E-state index < -0.39 is 21.7 Å². The normalized spacial score (nSPS) is 12.7. The van der Waals surface area contributed by atoms with Crippen LogP contribution in [0.5, 0.6) is 0 Å². The average molecular weight is 421 g/mol. The second kappa shape index (κ2) is 6.48. The van der Waals surface area contributed by atoms with Gasteiger partial charge in [0.1, 0.15) is 16.1 Å². The molecule has 3 aromatic heterocycles. The molecule has 11 heteroatoms. The number of hydrogen-bond acceptors (Lipinski definition) is 6. The highest BCUT2D eigenvalue weighted by Crippen LogP contribution is 2.34. The maximum atomic E-state index is 13.0. The van der Waals surface area contributed by atoms with Gasteiger partial charge in [0, 0.05) is 30.1 Å². The van der Waals surface area contributed by atoms with Crippen molar-refractivity contribution in [1.29, 1.82) is 0 Å². The van der Waals surface area contributed by atoms with E-state index in [1.807, 2.05) is 0 Å². The lowest BCUT2D eigenvalue weighted by Gasteiger charge is -2.11. The monoisotopic (exact) mass is 421 g/mol. The first-order valence-electron chi connectivity index (χ1n) is 8.51. The number of halogens is 3. The van der Waals surface area contributed by atoms with Gasteiger partial charge in [0.15, 0.2) is 27.0 Å². The molecule has 7 nitrogen and oxygen atoms in total. The van der Waals surface area contributed by atoms with Crippen molar-refractivity contribution < 1.29 is 21.6 Å². The molecule has 0 fully saturated rings. The van der Waals surface area contributed by atoms with E-state index in [4.69, 9.17) is 0 Å². The highest BCUT2D eigenvalue weighted by atomic mass is 32.2. The third-order valence-electron chi connectivity index (χ3n) is 4.56. The Hall–Kier alpha value is -3.08. The fourth-order valence-corrected chi connectivity index (χ4v) is 4.34. The molecule has 0 aliphatic rings. The zero-order valence-corrected chi connectivity index (χ0v) is 16.1. The molecule has 0 aliphatic carbocycles. The molecule has 0 spiro atoms. The van der Waals surface area contributed by atoms with Gasteiger partial charge in [-0.3, -0.25) is 4.98 Å². The molecule has 0 amide bonds. The van der Waals surface area contributed by atoms with Crippen molar-refractivity contribution in [2.24, 2.45) is 7.05 Å². The molecule has 4 rings (SSSR count). The number of benzene rings is 1. The maximum Gasteiger partial charge on any atom is 0.435 e. The Kier molecular flexibility index (Phi) is 4.30. The first kappa shape index (κ1) is 19.2. The SMILES string of the molecule is CCS(=O)(=O)c1c(-c2nc3cc(C(F)(F)F)nnc3n2C)ncc2ccccc12. The van der Waals surface area contributed by atoms with Crippen molar-refractivity contribution in [3.63, 3.8) is 0 Å². The predicted octanol–water partition coefficient (Wildman–Crippen LogP) is 3.39. The van der Waals surface area contributed by atoms with Crippen LogP contribution in [0.1, 0.15) is 12.6 Å². The molecule has 0 radical (unpaired) electrons. The lowest BCUT2D eigenvalue weighted by atomic mass is 10.1. The number of sulfone groups is 1. The summed E-state index contributed by atoms with van der Waals surface area (Å²) >= 11 is 0. The van der Waals surface area contributed by atoms with Crippen molar-refractivity contribution in [2.45, 2.75) is 18.0 Å². The minimum absolute atomic E-state index is 0.0134. The summed E-state index contributed by atoms with van der Waals surface area (Å²) in [5.41, 5.74) is -1.09. The third kappa shape index (κ3) is 3.11. The molecular weight excluding hydrogens is 407 g/mol. The fraction of sp³-hybridized carbons (Fsp3) is 0.222. The van der Waals surface area contributed by atoms with Gasteiger partial charge in [-0.1, -0.05) is 31.2 Å². The van der Waals surface area contributed by atoms with E-state index in [1.165, 1.54) is 24.7 Å². The Bertz CT molecular complexity index is 1360. The minimum Gasteiger partial charge on any atom is -0.309 e. The molecule has 3 heterocycles. The largest absolute Gasteiger partial charge is 0.435 e. The summed E-state index contributed by atoms with van der Waals surface area (Å²) in [5.74, 6) is -0.0797. The van der Waals surface area contributed by atoms with Gasteiger partial charge < -0.3 is 4.57 Å². The van der Waals surface area contributed by atoms with Crippen molar-refractivity contribution in [2.75, 3.05) is 5.75 Å². The van der Waals surface area contributed by atoms with E-state index in [0.29, 0.717) is 10.8 Å². The van der Waals surface area contributed by atoms with Gasteiger partial charge in [0.2, 0.25) is 0 Å². The molecule has 0 bridgehead atoms. The quantitative estimate of drug-likeness (QED) is 0.504. The Morgan fingerprint density at radius 2 is 1.86 bits per heavy atom. The summed E-state index contributed by atoms with van der Waals surface area (Å²) in [6.07, 6.45) is -3.16. The smallest absolute Gasteiger partial charge is 0.309 e. The van der Waals surface area contributed by atoms with Gasteiger partial charge in [-0.25, -0.2) is 13.4 Å². The third-order valence-corrected chi connectivity index (χ3v) is 6.36. The Balaban J connectivity index is 2.06. The molecule has 0 saturated heterocycles. The number of nitrogens with zero attached hydrogens (tertiary/aromatic N) is 5. The Morgan fingerprint density at radius 3 is 2.55 bits per heavy atom. The molecule has 0 saturated carbocycles. The summed E-state index contributed by atoms with van der Waals surface area (Å²) in [5, 5.41) is 7.92. The molecule has 1 aromatic carbocycles. The zero-order chi connectivity index (χ0) is 21.0. The standard InChI is InChI=1S/C18H14F3N5O2S/c1-3-29(27,28)15-11-7-5-4-6-10(11)9-22-14(15)17-23-12-8-13(18(19,20)21)24-25-16(12)26(17)2/h4-9H,3H2,1-2H3. The van der Waals surface area contributed by atoms with Crippen LogP contribution in [0.15, 0.2) is 41.4 Å². The number of imidazole rings is 1. The Morgan fingerprint density at radius 1 is 1.14 bits per heavy atom. The summed E-state index contributed by atoms with van der Waals surface area (Å²) in [6, 6.07) is 7.64. The first-order chi connectivity index (χ1) is 13.6. The summed E-state index contributed by atoms with van der Waals surface area (Å²) < 4.78 is 66.0. The molecule has 29 heavy (non-hydrogen) atoms. The molecule has 150 valence electrons. The van der Waals surface area contributed by atoms with Crippen molar-refractivity contribution >= 4 is 31.8 Å². The summed E-state index contributed by atoms with van der Waals surface area (Å²) in [4.78, 5) is 8.48. The van der Waals surface area contributed by atoms with Gasteiger partial charge in [0.05, 0.1) is 5.75 Å². The van der Waals surface area contributed by atoms with Crippen LogP contribution in [0.3, 0.4) is 0 Å². The van der Waals surface area contributed by atoms with Crippen LogP contribution in [0, 0.1) is 0 Å². The maximum absolute atomic E-state index is 13.0. The lowest BCUT2D eigenvalue weighted by Crippen LogP contribution is -2.10. The number of pyridine rings is 1. The molecular formula is C18H14F3N5O2S. The highest BCUT2D eigenvalue weighted by Gasteiger charge is 2.34. The van der Waals surface area contributed by atoms with Gasteiger partial charge in [0.25, 0.3) is 0 Å². The number of rotatable bonds is 3. The number of alkyl halides is 3. The lowest BCUT2D eigenvalue weighted by molar-refractivity contribution is -0.141. The molecule has 0 atom stereocenters. The second-order valence-corrected chi connectivity index (χ2v) is 8.57. The number of aromatic nitrogens is 5. The minimum atomic E-state index is -4.67.